The molecular weight excluding hydrogens is 314 g/mol. The summed E-state index contributed by atoms with van der Waals surface area (Å²) in [7, 11) is 0. The summed E-state index contributed by atoms with van der Waals surface area (Å²) in [6, 6.07) is 11.2. The standard InChI is InChI=1S/C18H20F2N2O2/c1-13(17(19)20)8-6-7-11-24-18(23)16-12-14(2)22(21-16)15-9-4-3-5-10-15/h3-5,9-10,12H,6-8,11H2,1-2H3. The van der Waals surface area contributed by atoms with E-state index in [9.17, 15) is 13.6 Å². The van der Waals surface area contributed by atoms with E-state index in [2.05, 4.69) is 5.10 Å². The van der Waals surface area contributed by atoms with Crippen LogP contribution in [0.3, 0.4) is 0 Å². The van der Waals surface area contributed by atoms with Crippen molar-refractivity contribution in [3.05, 3.63) is 59.4 Å². The summed E-state index contributed by atoms with van der Waals surface area (Å²) in [6.45, 7) is 3.45. The third-order valence-electron chi connectivity index (χ3n) is 3.60. The molecule has 0 saturated heterocycles. The summed E-state index contributed by atoms with van der Waals surface area (Å²) in [5, 5.41) is 4.27. The van der Waals surface area contributed by atoms with Crippen molar-refractivity contribution in [1.82, 2.24) is 9.78 Å². The lowest BCUT2D eigenvalue weighted by molar-refractivity contribution is 0.0491. The van der Waals surface area contributed by atoms with Crippen molar-refractivity contribution in [2.45, 2.75) is 33.1 Å². The van der Waals surface area contributed by atoms with Gasteiger partial charge in [0.05, 0.1) is 12.3 Å². The van der Waals surface area contributed by atoms with Gasteiger partial charge >= 0.3 is 5.97 Å². The Bertz CT molecular complexity index is 720. The number of nitrogens with zero attached hydrogens (tertiary/aromatic N) is 2. The number of allylic oxidation sites excluding steroid dienone is 1. The molecule has 0 N–H and O–H groups in total. The molecular formula is C18H20F2N2O2. The van der Waals surface area contributed by atoms with E-state index in [4.69, 9.17) is 4.74 Å². The lowest BCUT2D eigenvalue weighted by Crippen LogP contribution is -2.08. The number of unbranched alkanes of at least 4 members (excludes halogenated alkanes) is 1. The topological polar surface area (TPSA) is 44.1 Å². The van der Waals surface area contributed by atoms with Crippen LogP contribution in [0.1, 0.15) is 42.4 Å². The highest BCUT2D eigenvalue weighted by Crippen LogP contribution is 2.15. The van der Waals surface area contributed by atoms with Crippen molar-refractivity contribution in [2.75, 3.05) is 6.61 Å². The summed E-state index contributed by atoms with van der Waals surface area (Å²) >= 11 is 0. The van der Waals surface area contributed by atoms with Gasteiger partial charge in [0.1, 0.15) is 0 Å². The summed E-state index contributed by atoms with van der Waals surface area (Å²) in [6.07, 6.45) is -0.237. The Hall–Kier alpha value is -2.50. The van der Waals surface area contributed by atoms with E-state index < -0.39 is 12.0 Å². The minimum absolute atomic E-state index is 0.0820. The van der Waals surface area contributed by atoms with E-state index in [1.165, 1.54) is 6.92 Å². The van der Waals surface area contributed by atoms with Gasteiger partial charge in [-0.25, -0.2) is 9.48 Å². The lowest BCUT2D eigenvalue weighted by atomic mass is 10.1. The maximum atomic E-state index is 12.3. The van der Waals surface area contributed by atoms with E-state index in [0.717, 1.165) is 11.4 Å². The first-order chi connectivity index (χ1) is 11.5. The highest BCUT2D eigenvalue weighted by Gasteiger charge is 2.14. The molecule has 0 aliphatic rings. The van der Waals surface area contributed by atoms with E-state index in [0.29, 0.717) is 19.3 Å². The summed E-state index contributed by atoms with van der Waals surface area (Å²) in [5.74, 6) is -0.503. The number of ether oxygens (including phenoxy) is 1. The number of hydrogen-bond donors (Lipinski definition) is 0. The number of para-hydroxylation sites is 1. The number of hydrogen-bond acceptors (Lipinski definition) is 3. The third kappa shape index (κ3) is 4.75. The second-order valence-corrected chi connectivity index (χ2v) is 5.55. The minimum atomic E-state index is -1.63. The van der Waals surface area contributed by atoms with Gasteiger partial charge in [0.2, 0.25) is 0 Å². The van der Waals surface area contributed by atoms with E-state index in [1.54, 1.807) is 10.7 Å². The van der Waals surface area contributed by atoms with Crippen LogP contribution in [-0.2, 0) is 4.74 Å². The van der Waals surface area contributed by atoms with Crippen LogP contribution in [0.15, 0.2) is 48.1 Å². The predicted octanol–water partition coefficient (Wildman–Crippen LogP) is 4.68. The average molecular weight is 334 g/mol. The number of esters is 1. The van der Waals surface area contributed by atoms with E-state index in [1.807, 2.05) is 37.3 Å². The molecule has 0 bridgehead atoms. The molecule has 128 valence electrons. The van der Waals surface area contributed by atoms with Crippen molar-refractivity contribution < 1.29 is 18.3 Å². The fraction of sp³-hybridized carbons (Fsp3) is 0.333. The SMILES string of the molecule is CC(CCCCOC(=O)c1cc(C)n(-c2ccccc2)n1)=C(F)F. The second kappa shape index (κ2) is 8.38. The first kappa shape index (κ1) is 17.8. The average Bonchev–Trinajstić information content (AvgIpc) is 2.96. The van der Waals surface area contributed by atoms with Crippen LogP contribution in [0, 0.1) is 6.92 Å². The molecule has 1 heterocycles. The summed E-state index contributed by atoms with van der Waals surface area (Å²) in [4.78, 5) is 12.0. The number of carbonyl (C=O) groups is 1. The number of halogens is 2. The summed E-state index contributed by atoms with van der Waals surface area (Å²) in [5.41, 5.74) is 2.01. The molecule has 2 rings (SSSR count). The zero-order valence-corrected chi connectivity index (χ0v) is 13.8. The van der Waals surface area contributed by atoms with Crippen LogP contribution in [-0.4, -0.2) is 22.4 Å². The van der Waals surface area contributed by atoms with Gasteiger partial charge in [-0.3, -0.25) is 0 Å². The van der Waals surface area contributed by atoms with Crippen LogP contribution < -0.4 is 0 Å². The van der Waals surface area contributed by atoms with Gasteiger partial charge in [-0.15, -0.1) is 0 Å². The fourth-order valence-corrected chi connectivity index (χ4v) is 2.23. The van der Waals surface area contributed by atoms with Gasteiger partial charge in [0, 0.05) is 5.69 Å². The molecule has 0 atom stereocenters. The first-order valence-corrected chi connectivity index (χ1v) is 7.79. The Morgan fingerprint density at radius 3 is 2.58 bits per heavy atom. The third-order valence-corrected chi connectivity index (χ3v) is 3.60. The number of aromatic nitrogens is 2. The number of aryl methyl sites for hydroxylation is 1. The molecule has 0 radical (unpaired) electrons. The molecule has 0 fully saturated rings. The molecule has 0 aliphatic carbocycles. The molecule has 2 aromatic rings. The molecule has 1 aromatic carbocycles. The molecule has 0 unspecified atom stereocenters. The quantitative estimate of drug-likeness (QED) is 0.545. The molecule has 0 saturated carbocycles. The van der Waals surface area contributed by atoms with Gasteiger partial charge in [0.25, 0.3) is 6.08 Å². The smallest absolute Gasteiger partial charge is 0.358 e. The van der Waals surface area contributed by atoms with Crippen LogP contribution in [0.4, 0.5) is 8.78 Å². The van der Waals surface area contributed by atoms with Gasteiger partial charge < -0.3 is 4.74 Å². The Morgan fingerprint density at radius 1 is 1.21 bits per heavy atom. The van der Waals surface area contributed by atoms with Crippen molar-refractivity contribution in [1.29, 1.82) is 0 Å². The summed E-state index contributed by atoms with van der Waals surface area (Å²) < 4.78 is 31.3. The Morgan fingerprint density at radius 2 is 1.92 bits per heavy atom. The van der Waals surface area contributed by atoms with Crippen LogP contribution >= 0.6 is 0 Å². The molecule has 24 heavy (non-hydrogen) atoms. The van der Waals surface area contributed by atoms with Crippen molar-refractivity contribution in [2.24, 2.45) is 0 Å². The van der Waals surface area contributed by atoms with Crippen LogP contribution in [0.5, 0.6) is 0 Å². The Kier molecular flexibility index (Phi) is 6.23. The lowest BCUT2D eigenvalue weighted by Gasteiger charge is -2.04. The number of carbonyl (C=O) groups excluding carboxylic acids is 1. The highest BCUT2D eigenvalue weighted by atomic mass is 19.3. The Balaban J connectivity index is 1.87. The normalized spacial score (nSPS) is 10.5. The Labute approximate surface area is 139 Å². The molecule has 0 amide bonds. The van der Waals surface area contributed by atoms with E-state index >= 15 is 0 Å². The van der Waals surface area contributed by atoms with Crippen molar-refractivity contribution >= 4 is 5.97 Å². The molecule has 1 aromatic heterocycles. The molecule has 0 spiro atoms. The zero-order chi connectivity index (χ0) is 17.5. The zero-order valence-electron chi connectivity index (χ0n) is 13.8. The molecule has 6 heteroatoms. The second-order valence-electron chi connectivity index (χ2n) is 5.55. The van der Waals surface area contributed by atoms with Crippen molar-refractivity contribution in [3.63, 3.8) is 0 Å². The molecule has 4 nitrogen and oxygen atoms in total. The maximum absolute atomic E-state index is 12.3. The molecule has 0 aliphatic heterocycles. The fourth-order valence-electron chi connectivity index (χ4n) is 2.23. The maximum Gasteiger partial charge on any atom is 0.358 e. The number of benzene rings is 1. The minimum Gasteiger partial charge on any atom is -0.461 e. The monoisotopic (exact) mass is 334 g/mol. The number of rotatable bonds is 7. The van der Waals surface area contributed by atoms with Gasteiger partial charge in [-0.05, 0) is 56.9 Å². The van der Waals surface area contributed by atoms with Crippen LogP contribution in [0.25, 0.3) is 5.69 Å². The largest absolute Gasteiger partial charge is 0.461 e. The van der Waals surface area contributed by atoms with Gasteiger partial charge in [-0.2, -0.15) is 13.9 Å². The van der Waals surface area contributed by atoms with Gasteiger partial charge in [0.15, 0.2) is 5.69 Å². The van der Waals surface area contributed by atoms with Gasteiger partial charge in [-0.1, -0.05) is 18.2 Å². The highest BCUT2D eigenvalue weighted by molar-refractivity contribution is 5.87. The predicted molar refractivity (Wildman–Crippen MR) is 87.4 cm³/mol. The van der Waals surface area contributed by atoms with E-state index in [-0.39, 0.29) is 17.9 Å². The first-order valence-electron chi connectivity index (χ1n) is 7.79. The van der Waals surface area contributed by atoms with Crippen LogP contribution in [0.2, 0.25) is 0 Å². The van der Waals surface area contributed by atoms with Crippen molar-refractivity contribution in [3.8, 4) is 5.69 Å².